The minimum Gasteiger partial charge on any atom is -0.493 e. The third-order valence-corrected chi connectivity index (χ3v) is 8.33. The molecule has 10 nitrogen and oxygen atoms in total. The van der Waals surface area contributed by atoms with Gasteiger partial charge in [0.05, 0.1) is 38.2 Å². The lowest BCUT2D eigenvalue weighted by Crippen LogP contribution is -2.48. The highest BCUT2D eigenvalue weighted by atomic mass is 19.1. The van der Waals surface area contributed by atoms with Crippen molar-refractivity contribution < 1.29 is 42.4 Å². The van der Waals surface area contributed by atoms with Gasteiger partial charge in [-0.1, -0.05) is 30.3 Å². The first-order valence-corrected chi connectivity index (χ1v) is 16.9. The van der Waals surface area contributed by atoms with E-state index in [9.17, 15) is 14.0 Å². The van der Waals surface area contributed by atoms with Gasteiger partial charge in [0.2, 0.25) is 0 Å². The highest BCUT2D eigenvalue weighted by Crippen LogP contribution is 2.36. The number of nitrogens with zero attached hydrogens (tertiary/aromatic N) is 2. The Labute approximate surface area is 288 Å². The maximum absolute atomic E-state index is 13.8. The molecule has 49 heavy (non-hydrogen) atoms. The minimum atomic E-state index is -0.609. The van der Waals surface area contributed by atoms with Crippen molar-refractivity contribution in [1.82, 2.24) is 4.90 Å². The van der Waals surface area contributed by atoms with E-state index < -0.39 is 5.60 Å². The average Bonchev–Trinajstić information content (AvgIpc) is 3.08. The van der Waals surface area contributed by atoms with Gasteiger partial charge in [-0.25, -0.2) is 9.18 Å². The molecular weight excluding hydrogens is 631 g/mol. The second-order valence-electron chi connectivity index (χ2n) is 13.2. The molecule has 0 aliphatic carbocycles. The molecule has 0 radical (unpaired) electrons. The zero-order chi connectivity index (χ0) is 34.8. The molecule has 1 saturated heterocycles. The van der Waals surface area contributed by atoms with Crippen LogP contribution in [0.4, 0.5) is 14.9 Å². The summed E-state index contributed by atoms with van der Waals surface area (Å²) >= 11 is 0. The Morgan fingerprint density at radius 1 is 0.980 bits per heavy atom. The molecule has 0 saturated carbocycles. The predicted octanol–water partition coefficient (Wildman–Crippen LogP) is 6.75. The lowest BCUT2D eigenvalue weighted by Gasteiger charge is -2.39. The molecule has 0 spiro atoms. The number of methoxy groups -OCH3 is 1. The van der Waals surface area contributed by atoms with Crippen LogP contribution in [0.15, 0.2) is 66.7 Å². The van der Waals surface area contributed by atoms with E-state index in [4.69, 9.17) is 28.4 Å². The first kappa shape index (κ1) is 35.9. The first-order chi connectivity index (χ1) is 23.6. The van der Waals surface area contributed by atoms with Crippen LogP contribution in [0.2, 0.25) is 0 Å². The Morgan fingerprint density at radius 2 is 1.76 bits per heavy atom. The quantitative estimate of drug-likeness (QED) is 0.173. The number of piperidine rings is 1. The van der Waals surface area contributed by atoms with Crippen LogP contribution in [0.1, 0.15) is 57.1 Å². The molecule has 0 bridgehead atoms. The van der Waals surface area contributed by atoms with Crippen LogP contribution in [0.5, 0.6) is 17.2 Å². The summed E-state index contributed by atoms with van der Waals surface area (Å²) in [5.41, 5.74) is 2.09. The van der Waals surface area contributed by atoms with Gasteiger partial charge in [-0.15, -0.1) is 0 Å². The van der Waals surface area contributed by atoms with Crippen molar-refractivity contribution in [1.29, 1.82) is 0 Å². The molecule has 11 heteroatoms. The maximum Gasteiger partial charge on any atom is 0.410 e. The molecule has 0 N–H and O–H groups in total. The number of hydrogen-bond acceptors (Lipinski definition) is 8. The van der Waals surface area contributed by atoms with E-state index >= 15 is 0 Å². The van der Waals surface area contributed by atoms with Crippen LogP contribution in [-0.4, -0.2) is 81.8 Å². The van der Waals surface area contributed by atoms with Crippen molar-refractivity contribution in [2.24, 2.45) is 0 Å². The number of benzene rings is 3. The van der Waals surface area contributed by atoms with Gasteiger partial charge in [0.15, 0.2) is 18.2 Å². The van der Waals surface area contributed by atoms with E-state index in [0.717, 1.165) is 22.6 Å². The summed E-state index contributed by atoms with van der Waals surface area (Å²) in [6, 6.07) is 20.0. The summed E-state index contributed by atoms with van der Waals surface area (Å²) in [6.07, 6.45) is 1.33. The summed E-state index contributed by atoms with van der Waals surface area (Å²) < 4.78 is 48.3. The molecule has 264 valence electrons. The van der Waals surface area contributed by atoms with Gasteiger partial charge < -0.3 is 38.2 Å². The molecule has 5 rings (SSSR count). The van der Waals surface area contributed by atoms with Gasteiger partial charge in [-0.2, -0.15) is 0 Å². The zero-order valence-electron chi connectivity index (χ0n) is 28.8. The predicted molar refractivity (Wildman–Crippen MR) is 183 cm³/mol. The summed E-state index contributed by atoms with van der Waals surface area (Å²) in [5, 5.41) is 0. The van der Waals surface area contributed by atoms with E-state index in [1.807, 2.05) is 63.2 Å². The van der Waals surface area contributed by atoms with Crippen molar-refractivity contribution in [3.63, 3.8) is 0 Å². The average molecular weight is 679 g/mol. The Hall–Kier alpha value is -4.35. The van der Waals surface area contributed by atoms with Gasteiger partial charge in [0, 0.05) is 39.1 Å². The zero-order valence-corrected chi connectivity index (χ0v) is 28.8. The Kier molecular flexibility index (Phi) is 12.4. The smallest absolute Gasteiger partial charge is 0.410 e. The van der Waals surface area contributed by atoms with Crippen molar-refractivity contribution >= 4 is 17.7 Å². The lowest BCUT2D eigenvalue weighted by molar-refractivity contribution is -0.121. The number of carbonyl (C=O) groups is 2. The highest BCUT2D eigenvalue weighted by Gasteiger charge is 2.35. The van der Waals surface area contributed by atoms with Gasteiger partial charge in [0.1, 0.15) is 17.1 Å². The number of halogens is 1. The van der Waals surface area contributed by atoms with Gasteiger partial charge in [-0.05, 0) is 81.1 Å². The van der Waals surface area contributed by atoms with E-state index in [1.165, 1.54) is 6.07 Å². The van der Waals surface area contributed by atoms with Crippen molar-refractivity contribution in [2.75, 3.05) is 58.1 Å². The van der Waals surface area contributed by atoms with Crippen LogP contribution in [-0.2, 0) is 25.6 Å². The summed E-state index contributed by atoms with van der Waals surface area (Å²) in [4.78, 5) is 29.2. The molecule has 2 heterocycles. The van der Waals surface area contributed by atoms with Crippen LogP contribution in [0.3, 0.4) is 0 Å². The first-order valence-electron chi connectivity index (χ1n) is 16.9. The van der Waals surface area contributed by atoms with Crippen LogP contribution >= 0.6 is 0 Å². The van der Waals surface area contributed by atoms with Crippen LogP contribution < -0.4 is 19.1 Å². The maximum atomic E-state index is 13.8. The van der Waals surface area contributed by atoms with Crippen LogP contribution in [0, 0.1) is 5.82 Å². The fourth-order valence-corrected chi connectivity index (χ4v) is 5.92. The molecule has 2 aliphatic rings. The minimum absolute atomic E-state index is 0.00775. The normalized spacial score (nSPS) is 17.7. The summed E-state index contributed by atoms with van der Waals surface area (Å²) in [5.74, 6) is 1.16. The Bertz CT molecular complexity index is 1540. The monoisotopic (exact) mass is 678 g/mol. The number of ether oxygens (including phenoxy) is 6. The number of para-hydroxylation sites is 1. The second kappa shape index (κ2) is 16.8. The molecule has 3 aromatic rings. The molecule has 2 aliphatic heterocycles. The number of carbonyl (C=O) groups excluding carboxylic acids is 2. The standard InChI is InChI=1S/C38H47FN2O8/c1-38(2,3)49-37(43)40-19-17-30(28-12-14-29(15-13-28)45-21-8-22-46-33-10-6-5-9-31(33)39)35(24-40)47-25-27-11-16-34-32(23-27)41(18-7-20-44-4)36(42)26-48-34/h5-6,9-16,23,30,35H,7-8,17-22,24-26H2,1-4H3. The van der Waals surface area contributed by atoms with E-state index in [0.29, 0.717) is 64.5 Å². The molecule has 0 aromatic heterocycles. The van der Waals surface area contributed by atoms with E-state index in [-0.39, 0.29) is 48.8 Å². The number of amides is 2. The molecule has 3 aromatic carbocycles. The fourth-order valence-electron chi connectivity index (χ4n) is 5.92. The van der Waals surface area contributed by atoms with Gasteiger partial charge in [-0.3, -0.25) is 4.79 Å². The molecular formula is C38H47FN2O8. The molecule has 2 atom stereocenters. The van der Waals surface area contributed by atoms with Gasteiger partial charge >= 0.3 is 6.09 Å². The Balaban J connectivity index is 1.23. The lowest BCUT2D eigenvalue weighted by atomic mass is 9.87. The van der Waals surface area contributed by atoms with Gasteiger partial charge in [0.25, 0.3) is 5.91 Å². The number of fused-ring (bicyclic) bond motifs is 1. The third kappa shape index (κ3) is 10.1. The molecule has 2 unspecified atom stereocenters. The number of likely N-dealkylation sites (tertiary alicyclic amines) is 1. The van der Waals surface area contributed by atoms with Crippen LogP contribution in [0.25, 0.3) is 0 Å². The SMILES string of the molecule is COCCCN1C(=O)COc2ccc(COC3CN(C(=O)OC(C)(C)C)CCC3c3ccc(OCCCOc4ccccc4F)cc3)cc21. The number of hydrogen-bond donors (Lipinski definition) is 0. The third-order valence-electron chi connectivity index (χ3n) is 8.33. The van der Waals surface area contributed by atoms with E-state index in [1.54, 1.807) is 35.1 Å². The summed E-state index contributed by atoms with van der Waals surface area (Å²) in [6.45, 7) is 8.62. The summed E-state index contributed by atoms with van der Waals surface area (Å²) in [7, 11) is 1.64. The highest BCUT2D eigenvalue weighted by molar-refractivity contribution is 5.97. The molecule has 2 amide bonds. The fraction of sp³-hybridized carbons (Fsp3) is 0.474. The number of anilines is 1. The topological polar surface area (TPSA) is 96.0 Å². The Morgan fingerprint density at radius 3 is 2.51 bits per heavy atom. The van der Waals surface area contributed by atoms with Crippen molar-refractivity contribution in [2.45, 2.75) is 64.3 Å². The second-order valence-corrected chi connectivity index (χ2v) is 13.2. The van der Waals surface area contributed by atoms with Crippen molar-refractivity contribution in [3.8, 4) is 17.2 Å². The largest absolute Gasteiger partial charge is 0.493 e. The number of rotatable bonds is 14. The van der Waals surface area contributed by atoms with Crippen molar-refractivity contribution in [3.05, 3.63) is 83.7 Å². The molecule has 1 fully saturated rings. The van der Waals surface area contributed by atoms with E-state index in [2.05, 4.69) is 0 Å².